The Labute approximate surface area is 141 Å². The van der Waals surface area contributed by atoms with Crippen molar-refractivity contribution in [2.75, 3.05) is 5.32 Å². The number of nitrogens with one attached hydrogen (secondary N) is 1. The molecule has 1 aromatic heterocycles. The highest BCUT2D eigenvalue weighted by molar-refractivity contribution is 6.34. The Balaban J connectivity index is 0.00000208. The van der Waals surface area contributed by atoms with Crippen LogP contribution in [0.4, 0.5) is 17.2 Å². The lowest BCUT2D eigenvalue weighted by Crippen LogP contribution is -1.98. The van der Waals surface area contributed by atoms with Crippen molar-refractivity contribution < 1.29 is 10.4 Å². The highest BCUT2D eigenvalue weighted by atomic mass is 35.5. The van der Waals surface area contributed by atoms with Gasteiger partial charge in [0.05, 0.1) is 21.2 Å². The maximum absolute atomic E-state index is 11.0. The second-order valence-corrected chi connectivity index (χ2v) is 5.00. The van der Waals surface area contributed by atoms with Gasteiger partial charge in [-0.25, -0.2) is 9.97 Å². The first-order valence-electron chi connectivity index (χ1n) is 6.51. The van der Waals surface area contributed by atoms with Crippen molar-refractivity contribution in [3.05, 3.63) is 63.4 Å². The summed E-state index contributed by atoms with van der Waals surface area (Å²) in [6.07, 6.45) is 6.76. The number of rotatable bonds is 3. The van der Waals surface area contributed by atoms with Crippen LogP contribution in [-0.2, 0) is 0 Å². The van der Waals surface area contributed by atoms with Gasteiger partial charge in [-0.05, 0) is 18.2 Å². The van der Waals surface area contributed by atoms with Gasteiger partial charge in [0, 0.05) is 23.1 Å². The Bertz CT molecular complexity index is 969. The molecule has 120 valence electrons. The number of hydrogen-bond donors (Lipinski definition) is 1. The smallest absolute Gasteiger partial charge is 0.270 e. The lowest BCUT2D eigenvalue weighted by atomic mass is 10.2. The summed E-state index contributed by atoms with van der Waals surface area (Å²) in [5.41, 5.74) is 1.64. The maximum atomic E-state index is 11.0. The van der Waals surface area contributed by atoms with E-state index in [1.54, 1.807) is 24.3 Å². The molecule has 7 nitrogen and oxygen atoms in total. The highest BCUT2D eigenvalue weighted by Crippen LogP contribution is 2.31. The predicted molar refractivity (Wildman–Crippen MR) is 92.5 cm³/mol. The van der Waals surface area contributed by atoms with E-state index in [4.69, 9.17) is 18.0 Å². The number of hydrogen-bond acceptors (Lipinski definition) is 5. The van der Waals surface area contributed by atoms with Gasteiger partial charge < -0.3 is 10.8 Å². The Kier molecular flexibility index (Phi) is 4.94. The largest absolute Gasteiger partial charge is 0.412 e. The summed E-state index contributed by atoms with van der Waals surface area (Å²) in [7, 11) is 0. The van der Waals surface area contributed by atoms with Crippen LogP contribution in [0.25, 0.3) is 10.9 Å². The molecule has 0 amide bonds. The van der Waals surface area contributed by atoms with Gasteiger partial charge in [0.15, 0.2) is 0 Å². The second kappa shape index (κ2) is 6.91. The molecule has 0 aliphatic rings. The number of fused-ring (bicyclic) bond motifs is 1. The van der Waals surface area contributed by atoms with Crippen molar-refractivity contribution in [3.63, 3.8) is 0 Å². The number of halogens is 1. The Morgan fingerprint density at radius 1 is 1.25 bits per heavy atom. The van der Waals surface area contributed by atoms with E-state index in [0.717, 1.165) is 0 Å². The van der Waals surface area contributed by atoms with Crippen LogP contribution in [0.5, 0.6) is 0 Å². The number of nitro groups is 1. The van der Waals surface area contributed by atoms with E-state index in [2.05, 4.69) is 21.2 Å². The molecule has 0 radical (unpaired) electrons. The molecule has 2 aromatic carbocycles. The standard InChI is InChI=1S/C16H9ClN4O2.H2O/c1-2-10-4-3-5-14(15(10)17)20-16-12-8-11(21(22)23)6-7-13(12)18-9-19-16;/h1,3-9H,(H,18,19,20);1H2. The molecule has 24 heavy (non-hydrogen) atoms. The zero-order chi connectivity index (χ0) is 16.4. The molecule has 8 heteroatoms. The minimum atomic E-state index is -0.470. The van der Waals surface area contributed by atoms with E-state index in [9.17, 15) is 10.1 Å². The van der Waals surface area contributed by atoms with E-state index < -0.39 is 4.92 Å². The molecule has 3 rings (SSSR count). The average molecular weight is 343 g/mol. The normalized spacial score (nSPS) is 9.83. The van der Waals surface area contributed by atoms with E-state index in [-0.39, 0.29) is 11.2 Å². The Morgan fingerprint density at radius 3 is 2.75 bits per heavy atom. The van der Waals surface area contributed by atoms with Crippen molar-refractivity contribution in [2.45, 2.75) is 0 Å². The van der Waals surface area contributed by atoms with Gasteiger partial charge in [-0.3, -0.25) is 10.1 Å². The van der Waals surface area contributed by atoms with Crippen LogP contribution < -0.4 is 5.32 Å². The summed E-state index contributed by atoms with van der Waals surface area (Å²) in [4.78, 5) is 18.7. The summed E-state index contributed by atoms with van der Waals surface area (Å²) in [6.45, 7) is 0. The lowest BCUT2D eigenvalue weighted by molar-refractivity contribution is -0.384. The molecule has 0 unspecified atom stereocenters. The number of terminal acetylenes is 1. The third-order valence-corrected chi connectivity index (χ3v) is 3.64. The molecule has 0 atom stereocenters. The summed E-state index contributed by atoms with van der Waals surface area (Å²) < 4.78 is 0. The molecule has 0 aliphatic carbocycles. The fourth-order valence-corrected chi connectivity index (χ4v) is 2.35. The first-order valence-corrected chi connectivity index (χ1v) is 6.89. The van der Waals surface area contributed by atoms with Crippen LogP contribution in [0.3, 0.4) is 0 Å². The minimum Gasteiger partial charge on any atom is -0.412 e. The number of aromatic nitrogens is 2. The van der Waals surface area contributed by atoms with Gasteiger partial charge in [-0.15, -0.1) is 6.42 Å². The van der Waals surface area contributed by atoms with Gasteiger partial charge in [0.1, 0.15) is 12.1 Å². The average Bonchev–Trinajstić information content (AvgIpc) is 2.56. The molecule has 1 heterocycles. The molecule has 3 aromatic rings. The third kappa shape index (κ3) is 3.10. The van der Waals surface area contributed by atoms with Gasteiger partial charge in [-0.2, -0.15) is 0 Å². The molecule has 0 aliphatic heterocycles. The fraction of sp³-hybridized carbons (Fsp3) is 0. The Hall–Kier alpha value is -3.21. The molecule has 0 fully saturated rings. The fourth-order valence-electron chi connectivity index (χ4n) is 2.13. The lowest BCUT2D eigenvalue weighted by Gasteiger charge is -2.10. The number of nitrogens with zero attached hydrogens (tertiary/aromatic N) is 3. The first-order chi connectivity index (χ1) is 11.1. The van der Waals surface area contributed by atoms with Crippen LogP contribution in [0.2, 0.25) is 5.02 Å². The van der Waals surface area contributed by atoms with E-state index in [1.807, 2.05) is 0 Å². The van der Waals surface area contributed by atoms with Crippen molar-refractivity contribution >= 4 is 39.7 Å². The third-order valence-electron chi connectivity index (χ3n) is 3.24. The molecule has 0 saturated heterocycles. The topological polar surface area (TPSA) is 112 Å². The molecular weight excluding hydrogens is 332 g/mol. The minimum absolute atomic E-state index is 0. The molecule has 3 N–H and O–H groups in total. The van der Waals surface area contributed by atoms with Gasteiger partial charge >= 0.3 is 0 Å². The van der Waals surface area contributed by atoms with Crippen LogP contribution in [0, 0.1) is 22.5 Å². The Morgan fingerprint density at radius 2 is 2.04 bits per heavy atom. The van der Waals surface area contributed by atoms with Crippen LogP contribution in [0.1, 0.15) is 5.56 Å². The van der Waals surface area contributed by atoms with E-state index in [1.165, 1.54) is 18.5 Å². The second-order valence-electron chi connectivity index (χ2n) is 4.62. The first kappa shape index (κ1) is 17.1. The highest BCUT2D eigenvalue weighted by Gasteiger charge is 2.12. The van der Waals surface area contributed by atoms with Crippen LogP contribution in [-0.4, -0.2) is 20.4 Å². The van der Waals surface area contributed by atoms with Gasteiger partial charge in [-0.1, -0.05) is 23.6 Å². The summed E-state index contributed by atoms with van der Waals surface area (Å²) in [5, 5.41) is 14.9. The van der Waals surface area contributed by atoms with Crippen molar-refractivity contribution in [2.24, 2.45) is 0 Å². The van der Waals surface area contributed by atoms with E-state index >= 15 is 0 Å². The SMILES string of the molecule is C#Cc1cccc(Nc2ncnc3ccc([N+](=O)[O-])cc23)c1Cl.O. The van der Waals surface area contributed by atoms with Crippen LogP contribution >= 0.6 is 11.6 Å². The number of non-ortho nitro benzene ring substituents is 1. The monoisotopic (exact) mass is 342 g/mol. The quantitative estimate of drug-likeness (QED) is 0.446. The number of benzene rings is 2. The summed E-state index contributed by atoms with van der Waals surface area (Å²) in [5.74, 6) is 2.90. The van der Waals surface area contributed by atoms with Crippen molar-refractivity contribution in [1.82, 2.24) is 9.97 Å². The van der Waals surface area contributed by atoms with Gasteiger partial charge in [0.2, 0.25) is 0 Å². The predicted octanol–water partition coefficient (Wildman–Crippen LogP) is 3.09. The molecule has 0 spiro atoms. The van der Waals surface area contributed by atoms with Crippen molar-refractivity contribution in [1.29, 1.82) is 0 Å². The molecule has 0 bridgehead atoms. The molecule has 0 saturated carbocycles. The zero-order valence-corrected chi connectivity index (χ0v) is 12.9. The summed E-state index contributed by atoms with van der Waals surface area (Å²) in [6, 6.07) is 9.60. The maximum Gasteiger partial charge on any atom is 0.270 e. The van der Waals surface area contributed by atoms with Gasteiger partial charge in [0.25, 0.3) is 5.69 Å². The van der Waals surface area contributed by atoms with Crippen LogP contribution in [0.15, 0.2) is 42.7 Å². The zero-order valence-electron chi connectivity index (χ0n) is 12.2. The number of nitro benzene ring substituents is 1. The van der Waals surface area contributed by atoms with Crippen molar-refractivity contribution in [3.8, 4) is 12.3 Å². The van der Waals surface area contributed by atoms with E-state index in [0.29, 0.717) is 33.0 Å². The molecular formula is C16H11ClN4O3. The summed E-state index contributed by atoms with van der Waals surface area (Å²) >= 11 is 6.24. The number of anilines is 2.